The summed E-state index contributed by atoms with van der Waals surface area (Å²) in [5, 5.41) is 5.02. The number of benzene rings is 1. The Balaban J connectivity index is 1.64. The van der Waals surface area contributed by atoms with Crippen LogP contribution in [0.1, 0.15) is 11.1 Å². The minimum Gasteiger partial charge on any atom is -0.378 e. The number of aryl methyl sites for hydroxylation is 2. The van der Waals surface area contributed by atoms with Crippen LogP contribution in [0.2, 0.25) is 0 Å². The lowest BCUT2D eigenvalue weighted by Gasteiger charge is -2.26. The molecule has 28 heavy (non-hydrogen) atoms. The van der Waals surface area contributed by atoms with Crippen molar-refractivity contribution in [1.29, 1.82) is 0 Å². The lowest BCUT2D eigenvalue weighted by Crippen LogP contribution is -2.43. The highest BCUT2D eigenvalue weighted by Crippen LogP contribution is 2.30. The van der Waals surface area contributed by atoms with Crippen LogP contribution in [-0.2, 0) is 16.1 Å². The second-order valence-corrected chi connectivity index (χ2v) is 7.76. The summed E-state index contributed by atoms with van der Waals surface area (Å²) in [5.41, 5.74) is 2.43. The van der Waals surface area contributed by atoms with Gasteiger partial charge in [0.1, 0.15) is 11.6 Å². The van der Waals surface area contributed by atoms with E-state index in [2.05, 4.69) is 16.1 Å². The highest BCUT2D eigenvalue weighted by atomic mass is 32.2. The van der Waals surface area contributed by atoms with E-state index in [9.17, 15) is 9.59 Å². The molecule has 2 aromatic heterocycles. The Morgan fingerprint density at radius 2 is 2.04 bits per heavy atom. The van der Waals surface area contributed by atoms with Crippen LogP contribution in [-0.4, -0.2) is 56.3 Å². The minimum atomic E-state index is -0.346. The van der Waals surface area contributed by atoms with Gasteiger partial charge >= 0.3 is 5.69 Å². The number of morpholine rings is 1. The summed E-state index contributed by atoms with van der Waals surface area (Å²) in [6.07, 6.45) is 3.16. The highest BCUT2D eigenvalue weighted by molar-refractivity contribution is 7.99. The predicted octanol–water partition coefficient (Wildman–Crippen LogP) is 1.52. The van der Waals surface area contributed by atoms with E-state index >= 15 is 0 Å². The zero-order valence-electron chi connectivity index (χ0n) is 15.8. The fourth-order valence-corrected chi connectivity index (χ4v) is 4.07. The van der Waals surface area contributed by atoms with E-state index < -0.39 is 0 Å². The van der Waals surface area contributed by atoms with Crippen molar-refractivity contribution in [1.82, 2.24) is 24.1 Å². The molecule has 1 aromatic carbocycles. The van der Waals surface area contributed by atoms with E-state index in [1.807, 2.05) is 26.0 Å². The fourth-order valence-electron chi connectivity index (χ4n) is 3.16. The van der Waals surface area contributed by atoms with E-state index in [0.29, 0.717) is 37.0 Å². The number of amides is 1. The Hall–Kier alpha value is -2.65. The summed E-state index contributed by atoms with van der Waals surface area (Å²) in [6, 6.07) is 6.19. The van der Waals surface area contributed by atoms with Gasteiger partial charge in [0, 0.05) is 30.4 Å². The van der Waals surface area contributed by atoms with E-state index in [1.165, 1.54) is 26.4 Å². The molecule has 0 N–H and O–H groups in total. The van der Waals surface area contributed by atoms with Crippen LogP contribution in [0.3, 0.4) is 0 Å². The molecular weight excluding hydrogens is 378 g/mol. The van der Waals surface area contributed by atoms with Crippen molar-refractivity contribution in [2.75, 3.05) is 26.3 Å². The second kappa shape index (κ2) is 7.76. The van der Waals surface area contributed by atoms with Crippen molar-refractivity contribution in [3.63, 3.8) is 0 Å². The van der Waals surface area contributed by atoms with Crippen molar-refractivity contribution in [3.05, 3.63) is 52.2 Å². The molecule has 1 aliphatic heterocycles. The number of hydrogen-bond donors (Lipinski definition) is 0. The quantitative estimate of drug-likeness (QED) is 0.662. The first kappa shape index (κ1) is 18.7. The number of rotatable bonds is 4. The number of nitrogens with zero attached hydrogens (tertiary/aromatic N) is 5. The molecule has 0 radical (unpaired) electrons. The van der Waals surface area contributed by atoms with Gasteiger partial charge in [0.15, 0.2) is 5.65 Å². The van der Waals surface area contributed by atoms with Crippen molar-refractivity contribution < 1.29 is 9.53 Å². The van der Waals surface area contributed by atoms with Crippen LogP contribution in [0.4, 0.5) is 0 Å². The summed E-state index contributed by atoms with van der Waals surface area (Å²) in [7, 11) is 0. The zero-order chi connectivity index (χ0) is 19.7. The van der Waals surface area contributed by atoms with Gasteiger partial charge in [-0.2, -0.15) is 0 Å². The highest BCUT2D eigenvalue weighted by Gasteiger charge is 2.20. The van der Waals surface area contributed by atoms with E-state index in [-0.39, 0.29) is 18.1 Å². The molecule has 0 unspecified atom stereocenters. The maximum absolute atomic E-state index is 12.7. The van der Waals surface area contributed by atoms with Crippen molar-refractivity contribution in [3.8, 4) is 0 Å². The number of ether oxygens (including phenoxy) is 1. The van der Waals surface area contributed by atoms with Crippen LogP contribution < -0.4 is 5.69 Å². The first-order valence-corrected chi connectivity index (χ1v) is 9.89. The number of carbonyl (C=O) groups excluding carboxylic acids is 1. The third-order valence-electron chi connectivity index (χ3n) is 4.66. The zero-order valence-corrected chi connectivity index (χ0v) is 16.6. The monoisotopic (exact) mass is 399 g/mol. The topological polar surface area (TPSA) is 81.7 Å². The van der Waals surface area contributed by atoms with E-state index in [4.69, 9.17) is 4.74 Å². The molecule has 1 fully saturated rings. The molecule has 1 aliphatic rings. The molecule has 0 bridgehead atoms. The third kappa shape index (κ3) is 3.67. The Bertz CT molecular complexity index is 1080. The molecule has 0 saturated carbocycles. The molecule has 0 spiro atoms. The number of aromatic nitrogens is 4. The Morgan fingerprint density at radius 1 is 1.25 bits per heavy atom. The van der Waals surface area contributed by atoms with Crippen LogP contribution >= 0.6 is 11.8 Å². The van der Waals surface area contributed by atoms with Gasteiger partial charge in [0.2, 0.25) is 5.91 Å². The normalized spacial score (nSPS) is 14.6. The third-order valence-corrected chi connectivity index (χ3v) is 5.81. The lowest BCUT2D eigenvalue weighted by molar-refractivity contribution is -0.136. The van der Waals surface area contributed by atoms with Crippen molar-refractivity contribution >= 4 is 23.3 Å². The Kier molecular flexibility index (Phi) is 5.19. The molecule has 8 nitrogen and oxygen atoms in total. The first-order valence-electron chi connectivity index (χ1n) is 9.08. The average molecular weight is 399 g/mol. The Labute approximate surface area is 166 Å². The molecule has 146 valence electrons. The van der Waals surface area contributed by atoms with Crippen molar-refractivity contribution in [2.24, 2.45) is 0 Å². The van der Waals surface area contributed by atoms with Gasteiger partial charge in [0.05, 0.1) is 13.2 Å². The van der Waals surface area contributed by atoms with Gasteiger partial charge in [-0.3, -0.25) is 4.79 Å². The largest absolute Gasteiger partial charge is 0.378 e. The molecule has 1 saturated heterocycles. The number of carbonyl (C=O) groups is 1. The fraction of sp³-hybridized carbons (Fsp3) is 0.368. The summed E-state index contributed by atoms with van der Waals surface area (Å²) in [5.74, 6) is -0.134. The predicted molar refractivity (Wildman–Crippen MR) is 105 cm³/mol. The molecule has 1 amide bonds. The van der Waals surface area contributed by atoms with Crippen molar-refractivity contribution in [2.45, 2.75) is 30.3 Å². The maximum atomic E-state index is 12.7. The Morgan fingerprint density at radius 3 is 2.79 bits per heavy atom. The first-order chi connectivity index (χ1) is 13.5. The molecule has 3 heterocycles. The van der Waals surface area contributed by atoms with Gasteiger partial charge in [0.25, 0.3) is 0 Å². The van der Waals surface area contributed by atoms with Crippen LogP contribution in [0, 0.1) is 13.8 Å². The second-order valence-electron chi connectivity index (χ2n) is 6.73. The van der Waals surface area contributed by atoms with Gasteiger partial charge in [-0.05, 0) is 25.5 Å². The van der Waals surface area contributed by atoms with Crippen LogP contribution in [0.5, 0.6) is 0 Å². The van der Waals surface area contributed by atoms with E-state index in [0.717, 1.165) is 10.5 Å². The lowest BCUT2D eigenvalue weighted by atomic mass is 10.2. The smallest absolute Gasteiger partial charge is 0.350 e. The SMILES string of the molecule is Cc1ccc(Sc2nccn3c(=O)n(CC(=O)N4CCOCC4)nc23)c(C)c1. The summed E-state index contributed by atoms with van der Waals surface area (Å²) in [6.45, 7) is 6.12. The molecule has 0 aliphatic carbocycles. The van der Waals surface area contributed by atoms with Gasteiger partial charge < -0.3 is 9.64 Å². The standard InChI is InChI=1S/C19H21N5O3S/c1-13-3-4-15(14(2)11-13)28-18-17-21-24(19(26)23(17)6-5-20-18)12-16(25)22-7-9-27-10-8-22/h3-6,11H,7-10,12H2,1-2H3. The summed E-state index contributed by atoms with van der Waals surface area (Å²) >= 11 is 1.46. The molecular formula is C19H21N5O3S. The molecule has 4 rings (SSSR count). The number of hydrogen-bond acceptors (Lipinski definition) is 6. The van der Waals surface area contributed by atoms with E-state index in [1.54, 1.807) is 17.3 Å². The summed E-state index contributed by atoms with van der Waals surface area (Å²) < 4.78 is 7.91. The molecule has 3 aromatic rings. The average Bonchev–Trinajstić information content (AvgIpc) is 3.01. The summed E-state index contributed by atoms with van der Waals surface area (Å²) in [4.78, 5) is 32.3. The maximum Gasteiger partial charge on any atom is 0.350 e. The van der Waals surface area contributed by atoms with Gasteiger partial charge in [-0.1, -0.05) is 29.5 Å². The van der Waals surface area contributed by atoms with Crippen LogP contribution in [0.15, 0.2) is 45.3 Å². The molecule has 0 atom stereocenters. The minimum absolute atomic E-state index is 0.0891. The molecule has 9 heteroatoms. The number of fused-ring (bicyclic) bond motifs is 1. The van der Waals surface area contributed by atoms with Gasteiger partial charge in [-0.15, -0.1) is 5.10 Å². The van der Waals surface area contributed by atoms with Gasteiger partial charge in [-0.25, -0.2) is 18.9 Å². The van der Waals surface area contributed by atoms with Crippen LogP contribution in [0.25, 0.3) is 5.65 Å².